The number of sulfonamides is 1. The lowest BCUT2D eigenvalue weighted by Gasteiger charge is -2.35. The Labute approximate surface area is 220 Å². The minimum absolute atomic E-state index is 0.0340. The molecule has 8 nitrogen and oxygen atoms in total. The average molecular weight is 562 g/mol. The lowest BCUT2D eigenvalue weighted by Crippen LogP contribution is -2.53. The summed E-state index contributed by atoms with van der Waals surface area (Å²) in [7, 11) is -3.27. The maximum atomic E-state index is 13.4. The van der Waals surface area contributed by atoms with Crippen LogP contribution in [-0.2, 0) is 10.0 Å². The normalized spacial score (nSPS) is 22.3. The highest BCUT2D eigenvalue weighted by molar-refractivity contribution is 7.88. The van der Waals surface area contributed by atoms with Crippen molar-refractivity contribution < 1.29 is 17.9 Å². The molecule has 190 valence electrons. The third kappa shape index (κ3) is 6.14. The number of hydrogen-bond acceptors (Lipinski definition) is 5. The molecule has 2 unspecified atom stereocenters. The molecule has 2 amide bonds. The van der Waals surface area contributed by atoms with Gasteiger partial charge in [0.05, 0.1) is 21.3 Å². The summed E-state index contributed by atoms with van der Waals surface area (Å²) in [4.78, 5) is 21.1. The highest BCUT2D eigenvalue weighted by Gasteiger charge is 2.42. The topological polar surface area (TPSA) is 83.1 Å². The summed E-state index contributed by atoms with van der Waals surface area (Å²) < 4.78 is 31.2. The number of urea groups is 1. The van der Waals surface area contributed by atoms with E-state index in [1.54, 1.807) is 23.1 Å². The number of benzene rings is 1. The number of aromatic nitrogens is 1. The Morgan fingerprint density at radius 1 is 1.03 bits per heavy atom. The molecule has 2 fully saturated rings. The summed E-state index contributed by atoms with van der Waals surface area (Å²) in [6, 6.07) is 8.85. The number of nitrogens with zero attached hydrogens (tertiary/aromatic N) is 4. The van der Waals surface area contributed by atoms with Gasteiger partial charge in [0.1, 0.15) is 6.10 Å². The first-order chi connectivity index (χ1) is 16.5. The van der Waals surface area contributed by atoms with Crippen LogP contribution in [-0.4, -0.2) is 85.2 Å². The number of halogens is 3. The fraction of sp³-hybridized carbons (Fsp3) is 0.478. The van der Waals surface area contributed by atoms with Crippen LogP contribution in [0.15, 0.2) is 36.5 Å². The lowest BCUT2D eigenvalue weighted by molar-refractivity contribution is 0.126. The van der Waals surface area contributed by atoms with Gasteiger partial charge in [-0.25, -0.2) is 18.2 Å². The van der Waals surface area contributed by atoms with Crippen molar-refractivity contribution in [1.82, 2.24) is 19.1 Å². The number of carbonyl (C=O) groups is 1. The predicted molar refractivity (Wildman–Crippen MR) is 137 cm³/mol. The first-order valence-electron chi connectivity index (χ1n) is 11.2. The smallest absolute Gasteiger partial charge is 0.320 e. The van der Waals surface area contributed by atoms with Crippen molar-refractivity contribution in [3.63, 3.8) is 0 Å². The number of hydrogen-bond donors (Lipinski definition) is 0. The zero-order valence-corrected chi connectivity index (χ0v) is 22.5. The molecular formula is C23H27Cl3N4O4S. The van der Waals surface area contributed by atoms with Gasteiger partial charge < -0.3 is 14.5 Å². The van der Waals surface area contributed by atoms with Crippen LogP contribution in [0.4, 0.5) is 4.79 Å². The maximum absolute atomic E-state index is 13.4. The molecular weight excluding hydrogens is 535 g/mol. The van der Waals surface area contributed by atoms with Crippen molar-refractivity contribution in [1.29, 1.82) is 0 Å². The van der Waals surface area contributed by atoms with Crippen molar-refractivity contribution in [2.75, 3.05) is 45.5 Å². The van der Waals surface area contributed by atoms with Crippen molar-refractivity contribution in [2.45, 2.75) is 18.9 Å². The monoisotopic (exact) mass is 560 g/mol. The van der Waals surface area contributed by atoms with Crippen molar-refractivity contribution >= 4 is 50.9 Å². The SMILES string of the molecule is C[C@H](Oc1ccc(Cl)cn1)C1CN(C(=O)N2CCN(S(C)(=O)=O)CC2)CC1c1ccc(Cl)c(Cl)c1. The van der Waals surface area contributed by atoms with Crippen LogP contribution < -0.4 is 4.74 Å². The Balaban J connectivity index is 1.52. The summed E-state index contributed by atoms with van der Waals surface area (Å²) in [5.41, 5.74) is 0.973. The van der Waals surface area contributed by atoms with Gasteiger partial charge in [-0.2, -0.15) is 4.31 Å². The summed E-state index contributed by atoms with van der Waals surface area (Å²) in [5, 5.41) is 1.45. The Hall–Kier alpha value is -1.78. The van der Waals surface area contributed by atoms with Crippen LogP contribution in [0.5, 0.6) is 5.88 Å². The molecule has 0 radical (unpaired) electrons. The third-order valence-corrected chi connectivity index (χ3v) is 8.86. The largest absolute Gasteiger partial charge is 0.474 e. The highest BCUT2D eigenvalue weighted by atomic mass is 35.5. The molecule has 0 saturated carbocycles. The second kappa shape index (κ2) is 10.7. The van der Waals surface area contributed by atoms with Crippen LogP contribution in [0.25, 0.3) is 0 Å². The zero-order chi connectivity index (χ0) is 25.3. The van der Waals surface area contributed by atoms with Crippen molar-refractivity contribution in [3.8, 4) is 5.88 Å². The van der Waals surface area contributed by atoms with Crippen LogP contribution in [0.1, 0.15) is 18.4 Å². The van der Waals surface area contributed by atoms with Gasteiger partial charge in [0, 0.05) is 63.4 Å². The molecule has 0 bridgehead atoms. The van der Waals surface area contributed by atoms with Gasteiger partial charge in [-0.3, -0.25) is 0 Å². The molecule has 4 rings (SSSR count). The molecule has 2 aliphatic rings. The van der Waals surface area contributed by atoms with Gasteiger partial charge >= 0.3 is 6.03 Å². The Kier molecular flexibility index (Phi) is 8.02. The van der Waals surface area contributed by atoms with Crippen LogP contribution in [0.3, 0.4) is 0 Å². The molecule has 3 heterocycles. The minimum atomic E-state index is -3.27. The van der Waals surface area contributed by atoms with E-state index >= 15 is 0 Å². The van der Waals surface area contributed by atoms with Crippen molar-refractivity contribution in [3.05, 3.63) is 57.2 Å². The standard InChI is InChI=1S/C23H27Cl3N4O4S/c1-15(34-22-6-4-17(24)12-27-22)18-13-29(14-19(18)16-3-5-20(25)21(26)11-16)23(31)28-7-9-30(10-8-28)35(2,32)33/h3-6,11-12,15,18-19H,7-10,13-14H2,1-2H3/t15-,18?,19?/m0/s1. The molecule has 3 atom stereocenters. The van der Waals surface area contributed by atoms with Gasteiger partial charge in [0.25, 0.3) is 0 Å². The number of pyridine rings is 1. The van der Waals surface area contributed by atoms with E-state index in [1.807, 2.05) is 24.0 Å². The summed E-state index contributed by atoms with van der Waals surface area (Å²) in [5.74, 6) is 0.385. The molecule has 12 heteroatoms. The van der Waals surface area contributed by atoms with Gasteiger partial charge in [-0.1, -0.05) is 40.9 Å². The predicted octanol–water partition coefficient (Wildman–Crippen LogP) is 4.22. The molecule has 0 N–H and O–H groups in total. The van der Waals surface area contributed by atoms with Gasteiger partial charge in [-0.15, -0.1) is 0 Å². The average Bonchev–Trinajstić information content (AvgIpc) is 3.27. The van der Waals surface area contributed by atoms with E-state index in [0.29, 0.717) is 60.2 Å². The van der Waals surface area contributed by atoms with Gasteiger partial charge in [-0.05, 0) is 30.7 Å². The number of carbonyl (C=O) groups excluding carboxylic acids is 1. The molecule has 1 aromatic heterocycles. The number of ether oxygens (including phenoxy) is 1. The molecule has 0 spiro atoms. The summed E-state index contributed by atoms with van der Waals surface area (Å²) in [6.45, 7) is 4.21. The first-order valence-corrected chi connectivity index (χ1v) is 14.2. The van der Waals surface area contributed by atoms with Gasteiger partial charge in [0.2, 0.25) is 15.9 Å². The fourth-order valence-corrected chi connectivity index (χ4v) is 5.92. The number of piperazine rings is 1. The molecule has 2 aliphatic heterocycles. The Morgan fingerprint density at radius 2 is 1.74 bits per heavy atom. The molecule has 2 saturated heterocycles. The molecule has 1 aromatic carbocycles. The first kappa shape index (κ1) is 26.3. The van der Waals surface area contributed by atoms with Crippen LogP contribution >= 0.6 is 34.8 Å². The maximum Gasteiger partial charge on any atom is 0.320 e. The minimum Gasteiger partial charge on any atom is -0.474 e. The highest BCUT2D eigenvalue weighted by Crippen LogP contribution is 2.38. The van der Waals surface area contributed by atoms with E-state index < -0.39 is 10.0 Å². The zero-order valence-electron chi connectivity index (χ0n) is 19.4. The van der Waals surface area contributed by atoms with E-state index in [2.05, 4.69) is 4.98 Å². The number of likely N-dealkylation sites (tertiary alicyclic amines) is 1. The second-order valence-electron chi connectivity index (χ2n) is 8.92. The lowest BCUT2D eigenvalue weighted by atomic mass is 9.86. The quantitative estimate of drug-likeness (QED) is 0.546. The van der Waals surface area contributed by atoms with E-state index in [4.69, 9.17) is 39.5 Å². The molecule has 2 aromatic rings. The van der Waals surface area contributed by atoms with E-state index in [0.717, 1.165) is 5.56 Å². The number of rotatable bonds is 5. The Bertz CT molecular complexity index is 1170. The molecule has 0 aliphatic carbocycles. The fourth-order valence-electron chi connectivity index (χ4n) is 4.68. The van der Waals surface area contributed by atoms with E-state index in [-0.39, 0.29) is 24.0 Å². The Morgan fingerprint density at radius 3 is 2.34 bits per heavy atom. The molecule has 35 heavy (non-hydrogen) atoms. The summed E-state index contributed by atoms with van der Waals surface area (Å²) >= 11 is 18.4. The third-order valence-electron chi connectivity index (χ3n) is 6.60. The van der Waals surface area contributed by atoms with Gasteiger partial charge in [0.15, 0.2) is 0 Å². The summed E-state index contributed by atoms with van der Waals surface area (Å²) in [6.07, 6.45) is 2.46. The van der Waals surface area contributed by atoms with E-state index in [9.17, 15) is 13.2 Å². The second-order valence-corrected chi connectivity index (χ2v) is 12.2. The van der Waals surface area contributed by atoms with Crippen LogP contribution in [0.2, 0.25) is 15.1 Å². The van der Waals surface area contributed by atoms with Crippen LogP contribution in [0, 0.1) is 5.92 Å². The van der Waals surface area contributed by atoms with Crippen molar-refractivity contribution in [2.24, 2.45) is 5.92 Å². The number of amides is 2. The van der Waals surface area contributed by atoms with E-state index in [1.165, 1.54) is 16.8 Å².